The van der Waals surface area contributed by atoms with Crippen molar-refractivity contribution in [3.63, 3.8) is 0 Å². The predicted octanol–water partition coefficient (Wildman–Crippen LogP) is 2.00. The highest BCUT2D eigenvalue weighted by Crippen LogP contribution is 2.18. The highest BCUT2D eigenvalue weighted by Gasteiger charge is 2.18. The monoisotopic (exact) mass is 235 g/mol. The first kappa shape index (κ1) is 12.4. The van der Waals surface area contributed by atoms with Crippen LogP contribution in [0.2, 0.25) is 0 Å². The van der Waals surface area contributed by atoms with E-state index in [2.05, 4.69) is 25.2 Å². The lowest BCUT2D eigenvalue weighted by Gasteiger charge is -2.28. The van der Waals surface area contributed by atoms with Crippen molar-refractivity contribution in [2.24, 2.45) is 0 Å². The molecule has 2 unspecified atom stereocenters. The van der Waals surface area contributed by atoms with Crippen LogP contribution in [-0.2, 0) is 11.2 Å². The van der Waals surface area contributed by atoms with Crippen molar-refractivity contribution >= 4 is 0 Å². The number of nitrogens with one attached hydrogen (secondary N) is 1. The van der Waals surface area contributed by atoms with Crippen molar-refractivity contribution in [1.29, 1.82) is 0 Å². The van der Waals surface area contributed by atoms with E-state index in [0.717, 1.165) is 25.3 Å². The zero-order valence-corrected chi connectivity index (χ0v) is 10.6. The Bertz CT molecular complexity index is 346. The second-order valence-electron chi connectivity index (χ2n) is 4.54. The molecule has 0 radical (unpaired) electrons. The van der Waals surface area contributed by atoms with Gasteiger partial charge in [0.25, 0.3) is 0 Å². The smallest absolute Gasteiger partial charge is 0.122 e. The molecule has 17 heavy (non-hydrogen) atoms. The van der Waals surface area contributed by atoms with Gasteiger partial charge in [-0.2, -0.15) is 0 Å². The summed E-state index contributed by atoms with van der Waals surface area (Å²) in [5, 5.41) is 3.39. The summed E-state index contributed by atoms with van der Waals surface area (Å²) in [6.45, 7) is 6.53. The van der Waals surface area contributed by atoms with Crippen molar-refractivity contribution in [3.05, 3.63) is 29.8 Å². The Kier molecular flexibility index (Phi) is 4.40. The molecule has 1 saturated heterocycles. The van der Waals surface area contributed by atoms with E-state index in [0.29, 0.717) is 12.6 Å². The van der Waals surface area contributed by atoms with E-state index < -0.39 is 0 Å². The topological polar surface area (TPSA) is 30.5 Å². The lowest BCUT2D eigenvalue weighted by Crippen LogP contribution is -2.46. The molecule has 0 aromatic heterocycles. The summed E-state index contributed by atoms with van der Waals surface area (Å²) in [6.07, 6.45) is 1.16. The van der Waals surface area contributed by atoms with Crippen molar-refractivity contribution in [2.45, 2.75) is 32.4 Å². The molecule has 1 aromatic carbocycles. The molecule has 3 nitrogen and oxygen atoms in total. The van der Waals surface area contributed by atoms with Gasteiger partial charge >= 0.3 is 0 Å². The fourth-order valence-electron chi connectivity index (χ4n) is 1.96. The molecule has 0 aliphatic carbocycles. The van der Waals surface area contributed by atoms with Gasteiger partial charge < -0.3 is 14.8 Å². The van der Waals surface area contributed by atoms with Gasteiger partial charge in [0.15, 0.2) is 0 Å². The van der Waals surface area contributed by atoms with Gasteiger partial charge in [0.2, 0.25) is 0 Å². The second-order valence-corrected chi connectivity index (χ2v) is 4.54. The summed E-state index contributed by atoms with van der Waals surface area (Å²) in [5.74, 6) is 0.984. The Labute approximate surface area is 103 Å². The summed E-state index contributed by atoms with van der Waals surface area (Å²) in [5.41, 5.74) is 1.25. The maximum atomic E-state index is 5.84. The van der Waals surface area contributed by atoms with Gasteiger partial charge in [-0.1, -0.05) is 25.1 Å². The summed E-state index contributed by atoms with van der Waals surface area (Å²) >= 11 is 0. The number of aryl methyl sites for hydroxylation is 1. The predicted molar refractivity (Wildman–Crippen MR) is 68.5 cm³/mol. The fourth-order valence-corrected chi connectivity index (χ4v) is 1.96. The van der Waals surface area contributed by atoms with Crippen LogP contribution in [0.5, 0.6) is 5.75 Å². The molecule has 0 saturated carbocycles. The molecule has 1 aliphatic rings. The van der Waals surface area contributed by atoms with Crippen LogP contribution in [0.25, 0.3) is 0 Å². The Hall–Kier alpha value is -1.06. The van der Waals surface area contributed by atoms with Crippen LogP contribution in [0.15, 0.2) is 24.3 Å². The SMILES string of the molecule is CCc1ccccc1OCC1CNC(C)CO1. The maximum absolute atomic E-state index is 5.84. The number of hydrogen-bond donors (Lipinski definition) is 1. The molecule has 1 fully saturated rings. The standard InChI is InChI=1S/C14H21NO2/c1-3-12-6-4-5-7-14(12)17-10-13-8-15-11(2)9-16-13/h4-7,11,13,15H,3,8-10H2,1-2H3. The van der Waals surface area contributed by atoms with Crippen LogP contribution in [0, 0.1) is 0 Å². The molecule has 3 heteroatoms. The molecule has 1 aliphatic heterocycles. The number of benzene rings is 1. The minimum atomic E-state index is 0.163. The number of ether oxygens (including phenoxy) is 2. The van der Waals surface area contributed by atoms with Gasteiger partial charge in [-0.25, -0.2) is 0 Å². The van der Waals surface area contributed by atoms with E-state index >= 15 is 0 Å². The fraction of sp³-hybridized carbons (Fsp3) is 0.571. The summed E-state index contributed by atoms with van der Waals surface area (Å²) in [4.78, 5) is 0. The molecular formula is C14H21NO2. The van der Waals surface area contributed by atoms with Crippen LogP contribution < -0.4 is 10.1 Å². The molecule has 0 spiro atoms. The van der Waals surface area contributed by atoms with E-state index in [4.69, 9.17) is 9.47 Å². The van der Waals surface area contributed by atoms with E-state index in [1.54, 1.807) is 0 Å². The van der Waals surface area contributed by atoms with Gasteiger partial charge in [0, 0.05) is 12.6 Å². The van der Waals surface area contributed by atoms with Gasteiger partial charge in [-0.15, -0.1) is 0 Å². The van der Waals surface area contributed by atoms with E-state index in [-0.39, 0.29) is 6.10 Å². The highest BCUT2D eigenvalue weighted by atomic mass is 16.5. The van der Waals surface area contributed by atoms with Crippen molar-refractivity contribution in [1.82, 2.24) is 5.32 Å². The molecule has 0 bridgehead atoms. The third kappa shape index (κ3) is 3.45. The van der Waals surface area contributed by atoms with E-state index in [1.165, 1.54) is 5.56 Å². The lowest BCUT2D eigenvalue weighted by molar-refractivity contribution is -0.0167. The minimum Gasteiger partial charge on any atom is -0.491 e. The quantitative estimate of drug-likeness (QED) is 0.866. The summed E-state index contributed by atoms with van der Waals surface area (Å²) < 4.78 is 11.5. The Morgan fingerprint density at radius 1 is 1.41 bits per heavy atom. The van der Waals surface area contributed by atoms with Crippen LogP contribution >= 0.6 is 0 Å². The first-order valence-corrected chi connectivity index (χ1v) is 6.35. The van der Waals surface area contributed by atoms with Crippen molar-refractivity contribution in [2.75, 3.05) is 19.8 Å². The minimum absolute atomic E-state index is 0.163. The number of morpholine rings is 1. The Morgan fingerprint density at radius 2 is 2.24 bits per heavy atom. The molecule has 1 N–H and O–H groups in total. The van der Waals surface area contributed by atoms with Crippen LogP contribution in [0.4, 0.5) is 0 Å². The third-order valence-electron chi connectivity index (χ3n) is 3.05. The van der Waals surface area contributed by atoms with E-state index in [1.807, 2.05) is 18.2 Å². The van der Waals surface area contributed by atoms with Gasteiger partial charge in [-0.05, 0) is 25.0 Å². The lowest BCUT2D eigenvalue weighted by atomic mass is 10.1. The molecule has 2 atom stereocenters. The van der Waals surface area contributed by atoms with Crippen LogP contribution in [0.3, 0.4) is 0 Å². The molecule has 94 valence electrons. The molecule has 1 heterocycles. The van der Waals surface area contributed by atoms with Crippen molar-refractivity contribution in [3.8, 4) is 5.75 Å². The Balaban J connectivity index is 1.85. The third-order valence-corrected chi connectivity index (χ3v) is 3.05. The normalized spacial score (nSPS) is 24.6. The first-order valence-electron chi connectivity index (χ1n) is 6.35. The van der Waals surface area contributed by atoms with Crippen molar-refractivity contribution < 1.29 is 9.47 Å². The summed E-state index contributed by atoms with van der Waals surface area (Å²) in [6, 6.07) is 8.65. The summed E-state index contributed by atoms with van der Waals surface area (Å²) in [7, 11) is 0. The Morgan fingerprint density at radius 3 is 2.94 bits per heavy atom. The maximum Gasteiger partial charge on any atom is 0.122 e. The van der Waals surface area contributed by atoms with Gasteiger partial charge in [0.05, 0.1) is 6.61 Å². The zero-order valence-electron chi connectivity index (χ0n) is 10.6. The van der Waals surface area contributed by atoms with E-state index in [9.17, 15) is 0 Å². The first-order chi connectivity index (χ1) is 8.29. The number of rotatable bonds is 4. The number of hydrogen-bond acceptors (Lipinski definition) is 3. The zero-order chi connectivity index (χ0) is 12.1. The van der Waals surface area contributed by atoms with Gasteiger partial charge in [-0.3, -0.25) is 0 Å². The van der Waals surface area contributed by atoms with Gasteiger partial charge in [0.1, 0.15) is 18.5 Å². The highest BCUT2D eigenvalue weighted by molar-refractivity contribution is 5.33. The second kappa shape index (κ2) is 6.03. The van der Waals surface area contributed by atoms with Crippen LogP contribution in [-0.4, -0.2) is 31.9 Å². The molecule has 2 rings (SSSR count). The average molecular weight is 235 g/mol. The molecule has 0 amide bonds. The molecular weight excluding hydrogens is 214 g/mol. The average Bonchev–Trinajstić information content (AvgIpc) is 2.38. The molecule has 1 aromatic rings. The number of para-hydroxylation sites is 1. The van der Waals surface area contributed by atoms with Crippen LogP contribution in [0.1, 0.15) is 19.4 Å². The largest absolute Gasteiger partial charge is 0.491 e.